The van der Waals surface area contributed by atoms with Gasteiger partial charge in [-0.25, -0.2) is 0 Å². The molecule has 0 aliphatic carbocycles. The third kappa shape index (κ3) is 4.25. The first kappa shape index (κ1) is 12.8. The highest BCUT2D eigenvalue weighted by Crippen LogP contribution is 2.17. The normalized spacial score (nSPS) is 17.0. The van der Waals surface area contributed by atoms with Gasteiger partial charge in [0, 0.05) is 6.04 Å². The Kier molecular flexibility index (Phi) is 5.20. The molecule has 0 bridgehead atoms. The third-order valence-corrected chi connectivity index (χ3v) is 4.28. The monoisotopic (exact) mass is 251 g/mol. The summed E-state index contributed by atoms with van der Waals surface area (Å²) in [6.07, 6.45) is 3.76. The molecule has 3 heteroatoms. The van der Waals surface area contributed by atoms with Crippen LogP contribution in [0.1, 0.15) is 18.4 Å². The molecule has 1 N–H and O–H groups in total. The van der Waals surface area contributed by atoms with E-state index in [1.54, 1.807) is 7.11 Å². The number of benzene rings is 1. The van der Waals surface area contributed by atoms with Crippen molar-refractivity contribution in [2.45, 2.75) is 25.3 Å². The van der Waals surface area contributed by atoms with Crippen molar-refractivity contribution in [1.29, 1.82) is 0 Å². The Morgan fingerprint density at radius 1 is 1.24 bits per heavy atom. The fraction of sp³-hybridized carbons (Fsp3) is 0.571. The Balaban J connectivity index is 1.69. The molecular weight excluding hydrogens is 230 g/mol. The van der Waals surface area contributed by atoms with Crippen LogP contribution in [0, 0.1) is 0 Å². The van der Waals surface area contributed by atoms with Gasteiger partial charge in [0.25, 0.3) is 0 Å². The smallest absolute Gasteiger partial charge is 0.118 e. The summed E-state index contributed by atoms with van der Waals surface area (Å²) in [6.45, 7) is 1.08. The number of thioether (sulfide) groups is 1. The van der Waals surface area contributed by atoms with Crippen LogP contribution in [0.5, 0.6) is 5.75 Å². The van der Waals surface area contributed by atoms with Gasteiger partial charge < -0.3 is 10.1 Å². The van der Waals surface area contributed by atoms with Gasteiger partial charge in [-0.2, -0.15) is 11.8 Å². The summed E-state index contributed by atoms with van der Waals surface area (Å²) in [5.41, 5.74) is 1.38. The van der Waals surface area contributed by atoms with Gasteiger partial charge >= 0.3 is 0 Å². The second-order valence-corrected chi connectivity index (χ2v) is 5.66. The highest BCUT2D eigenvalue weighted by atomic mass is 32.2. The van der Waals surface area contributed by atoms with Crippen molar-refractivity contribution in [3.63, 3.8) is 0 Å². The SMILES string of the molecule is COc1ccc(CCNC2CCSCC2)cc1. The Morgan fingerprint density at radius 2 is 1.94 bits per heavy atom. The minimum absolute atomic E-state index is 0.745. The highest BCUT2D eigenvalue weighted by molar-refractivity contribution is 7.99. The fourth-order valence-electron chi connectivity index (χ4n) is 2.11. The van der Waals surface area contributed by atoms with E-state index in [0.717, 1.165) is 24.8 Å². The minimum atomic E-state index is 0.745. The van der Waals surface area contributed by atoms with Crippen molar-refractivity contribution >= 4 is 11.8 Å². The van der Waals surface area contributed by atoms with E-state index in [0.29, 0.717) is 0 Å². The van der Waals surface area contributed by atoms with Crippen LogP contribution in [-0.2, 0) is 6.42 Å². The average molecular weight is 251 g/mol. The van der Waals surface area contributed by atoms with Crippen molar-refractivity contribution in [3.8, 4) is 5.75 Å². The van der Waals surface area contributed by atoms with E-state index in [2.05, 4.69) is 29.2 Å². The maximum Gasteiger partial charge on any atom is 0.118 e. The molecule has 2 nitrogen and oxygen atoms in total. The number of rotatable bonds is 5. The average Bonchev–Trinajstić information content (AvgIpc) is 2.41. The zero-order valence-corrected chi connectivity index (χ0v) is 11.3. The lowest BCUT2D eigenvalue weighted by atomic mass is 10.1. The summed E-state index contributed by atoms with van der Waals surface area (Å²) in [5.74, 6) is 3.58. The van der Waals surface area contributed by atoms with E-state index in [4.69, 9.17) is 4.74 Å². The van der Waals surface area contributed by atoms with Gasteiger partial charge in [0.15, 0.2) is 0 Å². The molecule has 2 rings (SSSR count). The van der Waals surface area contributed by atoms with Gasteiger partial charge in [0.2, 0.25) is 0 Å². The third-order valence-electron chi connectivity index (χ3n) is 3.23. The second kappa shape index (κ2) is 6.92. The maximum absolute atomic E-state index is 5.15. The summed E-state index contributed by atoms with van der Waals surface area (Å²) in [5, 5.41) is 3.65. The van der Waals surface area contributed by atoms with Crippen LogP contribution >= 0.6 is 11.8 Å². The van der Waals surface area contributed by atoms with Gasteiger partial charge in [-0.3, -0.25) is 0 Å². The van der Waals surface area contributed by atoms with E-state index in [-0.39, 0.29) is 0 Å². The fourth-order valence-corrected chi connectivity index (χ4v) is 3.22. The Morgan fingerprint density at radius 3 is 2.59 bits per heavy atom. The molecule has 1 heterocycles. The van der Waals surface area contributed by atoms with E-state index in [1.165, 1.54) is 29.9 Å². The number of hydrogen-bond acceptors (Lipinski definition) is 3. The van der Waals surface area contributed by atoms with Crippen molar-refractivity contribution in [2.75, 3.05) is 25.2 Å². The summed E-state index contributed by atoms with van der Waals surface area (Å²) < 4.78 is 5.15. The largest absolute Gasteiger partial charge is 0.497 e. The van der Waals surface area contributed by atoms with E-state index < -0.39 is 0 Å². The predicted octanol–water partition coefficient (Wildman–Crippen LogP) is 2.72. The van der Waals surface area contributed by atoms with Gasteiger partial charge in [-0.1, -0.05) is 12.1 Å². The van der Waals surface area contributed by atoms with Crippen LogP contribution in [0.2, 0.25) is 0 Å². The van der Waals surface area contributed by atoms with Crippen LogP contribution in [-0.4, -0.2) is 31.2 Å². The number of ether oxygens (including phenoxy) is 1. The minimum Gasteiger partial charge on any atom is -0.497 e. The molecule has 0 unspecified atom stereocenters. The Bertz CT molecular complexity index is 319. The van der Waals surface area contributed by atoms with E-state index in [1.807, 2.05) is 12.1 Å². The van der Waals surface area contributed by atoms with Gasteiger partial charge in [-0.15, -0.1) is 0 Å². The van der Waals surface area contributed by atoms with Crippen molar-refractivity contribution in [2.24, 2.45) is 0 Å². The number of hydrogen-bond donors (Lipinski definition) is 1. The molecule has 1 aliphatic heterocycles. The standard InChI is InChI=1S/C14H21NOS/c1-16-14-4-2-12(3-5-14)6-9-15-13-7-10-17-11-8-13/h2-5,13,15H,6-11H2,1H3. The molecule has 1 fully saturated rings. The van der Waals surface area contributed by atoms with E-state index in [9.17, 15) is 0 Å². The van der Waals surface area contributed by atoms with Crippen molar-refractivity contribution in [3.05, 3.63) is 29.8 Å². The molecule has 1 saturated heterocycles. The first-order chi connectivity index (χ1) is 8.38. The van der Waals surface area contributed by atoms with Crippen molar-refractivity contribution in [1.82, 2.24) is 5.32 Å². The van der Waals surface area contributed by atoms with Crippen LogP contribution in [0.3, 0.4) is 0 Å². The Hall–Kier alpha value is -0.670. The molecule has 1 aromatic rings. The van der Waals surface area contributed by atoms with E-state index >= 15 is 0 Å². The molecule has 0 atom stereocenters. The first-order valence-corrected chi connectivity index (χ1v) is 7.48. The lowest BCUT2D eigenvalue weighted by molar-refractivity contribution is 0.414. The topological polar surface area (TPSA) is 21.3 Å². The summed E-state index contributed by atoms with van der Waals surface area (Å²) >= 11 is 2.08. The second-order valence-electron chi connectivity index (χ2n) is 4.44. The number of nitrogens with one attached hydrogen (secondary N) is 1. The van der Waals surface area contributed by atoms with Gasteiger partial charge in [0.05, 0.1) is 7.11 Å². The van der Waals surface area contributed by atoms with Crippen LogP contribution < -0.4 is 10.1 Å². The predicted molar refractivity (Wildman–Crippen MR) is 75.0 cm³/mol. The molecule has 94 valence electrons. The van der Waals surface area contributed by atoms with Crippen molar-refractivity contribution < 1.29 is 4.74 Å². The molecule has 0 radical (unpaired) electrons. The van der Waals surface area contributed by atoms with Crippen LogP contribution in [0.25, 0.3) is 0 Å². The van der Waals surface area contributed by atoms with Crippen LogP contribution in [0.15, 0.2) is 24.3 Å². The zero-order valence-electron chi connectivity index (χ0n) is 10.4. The lowest BCUT2D eigenvalue weighted by Crippen LogP contribution is -2.33. The molecule has 0 aromatic heterocycles. The summed E-state index contributed by atoms with van der Waals surface area (Å²) in [4.78, 5) is 0. The molecule has 1 aromatic carbocycles. The first-order valence-electron chi connectivity index (χ1n) is 6.32. The maximum atomic E-state index is 5.15. The number of methoxy groups -OCH3 is 1. The zero-order chi connectivity index (χ0) is 11.9. The molecular formula is C14H21NOS. The molecule has 1 aliphatic rings. The lowest BCUT2D eigenvalue weighted by Gasteiger charge is -2.22. The van der Waals surface area contributed by atoms with Gasteiger partial charge in [0.1, 0.15) is 5.75 Å². The summed E-state index contributed by atoms with van der Waals surface area (Å²) in [7, 11) is 1.71. The molecule has 17 heavy (non-hydrogen) atoms. The van der Waals surface area contributed by atoms with Gasteiger partial charge in [-0.05, 0) is 55.0 Å². The Labute approximate surface area is 108 Å². The molecule has 0 amide bonds. The summed E-state index contributed by atoms with van der Waals surface area (Å²) in [6, 6.07) is 9.11. The highest BCUT2D eigenvalue weighted by Gasteiger charge is 2.12. The molecule has 0 spiro atoms. The quantitative estimate of drug-likeness (QED) is 0.869. The molecule has 0 saturated carbocycles. The van der Waals surface area contributed by atoms with Crippen LogP contribution in [0.4, 0.5) is 0 Å².